The van der Waals surface area contributed by atoms with E-state index in [1.165, 1.54) is 12.1 Å². The number of ether oxygens (including phenoxy) is 2. The van der Waals surface area contributed by atoms with Crippen LogP contribution in [0.4, 0.5) is 13.2 Å². The molecule has 1 unspecified atom stereocenters. The largest absolute Gasteiger partial charge is 0.417 e. The minimum Gasteiger partial charge on any atom is -0.410 e. The molecule has 1 saturated heterocycles. The number of nitriles is 1. The van der Waals surface area contributed by atoms with Crippen molar-refractivity contribution in [2.75, 3.05) is 26.4 Å². The zero-order chi connectivity index (χ0) is 33.7. The van der Waals surface area contributed by atoms with E-state index in [0.29, 0.717) is 38.4 Å². The van der Waals surface area contributed by atoms with Gasteiger partial charge in [0.1, 0.15) is 6.10 Å². The molecule has 1 aromatic carbocycles. The average Bonchev–Trinajstić information content (AvgIpc) is 2.98. The molecule has 3 aliphatic rings. The zero-order valence-corrected chi connectivity index (χ0v) is 29.1. The molecule has 3 heterocycles. The minimum absolute atomic E-state index is 0.00225. The molecule has 0 saturated carbocycles. The lowest BCUT2D eigenvalue weighted by Crippen LogP contribution is -2.44. The molecule has 6 nitrogen and oxygen atoms in total. The van der Waals surface area contributed by atoms with E-state index in [0.717, 1.165) is 59.8 Å². The molecule has 1 aromatic heterocycles. The van der Waals surface area contributed by atoms with E-state index in [1.807, 2.05) is 0 Å². The number of hydrogen-bond acceptors (Lipinski definition) is 6. The summed E-state index contributed by atoms with van der Waals surface area (Å²) in [7, 11) is -2.28. The molecule has 0 bridgehead atoms. The first-order valence-electron chi connectivity index (χ1n) is 16.3. The van der Waals surface area contributed by atoms with E-state index >= 15 is 0 Å². The second kappa shape index (κ2) is 12.8. The number of rotatable bonds is 6. The van der Waals surface area contributed by atoms with Crippen LogP contribution in [0, 0.1) is 16.7 Å². The summed E-state index contributed by atoms with van der Waals surface area (Å²) in [6.07, 6.45) is -0.648. The predicted molar refractivity (Wildman–Crippen MR) is 174 cm³/mol. The van der Waals surface area contributed by atoms with E-state index in [4.69, 9.17) is 18.9 Å². The molecule has 5 rings (SSSR count). The molecule has 46 heavy (non-hydrogen) atoms. The number of hydrogen-bond donors (Lipinski definition) is 1. The predicted octanol–water partition coefficient (Wildman–Crippen LogP) is 8.79. The Balaban J connectivity index is 1.82. The number of halogens is 3. The Morgan fingerprint density at radius 1 is 1.11 bits per heavy atom. The Labute approximate surface area is 272 Å². The maximum Gasteiger partial charge on any atom is 0.417 e. The summed E-state index contributed by atoms with van der Waals surface area (Å²) in [5.74, 6) is -0.00225. The second-order valence-electron chi connectivity index (χ2n) is 15.3. The van der Waals surface area contributed by atoms with E-state index < -0.39 is 31.7 Å². The molecule has 0 amide bonds. The van der Waals surface area contributed by atoms with Crippen molar-refractivity contribution in [2.45, 2.75) is 109 Å². The molecule has 1 aliphatic carbocycles. The SMILES string of the molecule is CC1(C)Cc2nc(C3CCOCC3)c([C@H](O)c3ccc(C(F)(F)F)c(C#N)c3)c(C3=CCOCC3)c2C(O[Si](C)(C)C(C)(C)C)C1. The molecule has 250 valence electrons. The molecule has 0 radical (unpaired) electrons. The van der Waals surface area contributed by atoms with Crippen LogP contribution in [0.2, 0.25) is 18.1 Å². The van der Waals surface area contributed by atoms with E-state index in [2.05, 4.69) is 53.8 Å². The molecule has 2 aromatic rings. The van der Waals surface area contributed by atoms with Crippen LogP contribution >= 0.6 is 0 Å². The highest BCUT2D eigenvalue weighted by Crippen LogP contribution is 2.52. The summed E-state index contributed by atoms with van der Waals surface area (Å²) in [6, 6.07) is 5.07. The van der Waals surface area contributed by atoms with Crippen molar-refractivity contribution in [2.24, 2.45) is 5.41 Å². The number of aliphatic hydroxyl groups is 1. The van der Waals surface area contributed by atoms with E-state index in [1.54, 1.807) is 6.07 Å². The van der Waals surface area contributed by atoms with Crippen LogP contribution in [0.5, 0.6) is 0 Å². The Morgan fingerprint density at radius 3 is 2.39 bits per heavy atom. The highest BCUT2D eigenvalue weighted by molar-refractivity contribution is 6.74. The summed E-state index contributed by atoms with van der Waals surface area (Å²) < 4.78 is 59.9. The molecular formula is C36H47F3N2O4Si. The second-order valence-corrected chi connectivity index (χ2v) is 20.1. The minimum atomic E-state index is -4.69. The monoisotopic (exact) mass is 656 g/mol. The molecule has 0 spiro atoms. The van der Waals surface area contributed by atoms with Gasteiger partial charge in [-0.15, -0.1) is 0 Å². The first-order valence-corrected chi connectivity index (χ1v) is 19.2. The molecule has 10 heteroatoms. The summed E-state index contributed by atoms with van der Waals surface area (Å²) >= 11 is 0. The normalized spacial score (nSPS) is 21.7. The van der Waals surface area contributed by atoms with Crippen LogP contribution in [0.15, 0.2) is 24.3 Å². The smallest absolute Gasteiger partial charge is 0.410 e. The standard InChI is InChI=1S/C36H47F3N2O4Si/c1-34(2,3)46(6,7)45-28-20-35(4,5)19-27-30(28)29(22-10-14-43-15-11-22)31(32(41-27)23-12-16-44-17-13-23)33(42)24-8-9-26(36(37,38)39)25(18-24)21-40/h8-10,18,23,28,33,42H,11-17,19-20H2,1-7H3/t28?,33-/m1/s1. The number of alkyl halides is 3. The molecule has 2 aliphatic heterocycles. The fourth-order valence-electron chi connectivity index (χ4n) is 6.82. The van der Waals surface area contributed by atoms with Gasteiger partial charge in [-0.25, -0.2) is 0 Å². The van der Waals surface area contributed by atoms with Gasteiger partial charge < -0.3 is 19.0 Å². The van der Waals surface area contributed by atoms with Crippen LogP contribution in [0.3, 0.4) is 0 Å². The lowest BCUT2D eigenvalue weighted by atomic mass is 9.70. The summed E-state index contributed by atoms with van der Waals surface area (Å²) in [5, 5.41) is 22.0. The van der Waals surface area contributed by atoms with Gasteiger partial charge in [0.25, 0.3) is 0 Å². The van der Waals surface area contributed by atoms with Crippen molar-refractivity contribution in [3.63, 3.8) is 0 Å². The van der Waals surface area contributed by atoms with Crippen LogP contribution < -0.4 is 0 Å². The van der Waals surface area contributed by atoms with Gasteiger partial charge in [0.15, 0.2) is 8.32 Å². The van der Waals surface area contributed by atoms with Gasteiger partial charge in [-0.05, 0) is 84.5 Å². The molecular weight excluding hydrogens is 609 g/mol. The third-order valence-corrected chi connectivity index (χ3v) is 14.8. The van der Waals surface area contributed by atoms with Gasteiger partial charge in [-0.2, -0.15) is 18.4 Å². The van der Waals surface area contributed by atoms with Crippen molar-refractivity contribution >= 4 is 13.9 Å². The van der Waals surface area contributed by atoms with E-state index in [-0.39, 0.29) is 28.0 Å². The van der Waals surface area contributed by atoms with Crippen molar-refractivity contribution in [3.05, 3.63) is 69.0 Å². The fourth-order valence-corrected chi connectivity index (χ4v) is 8.09. The van der Waals surface area contributed by atoms with Crippen molar-refractivity contribution < 1.29 is 32.2 Å². The van der Waals surface area contributed by atoms with Gasteiger partial charge in [0.2, 0.25) is 0 Å². The Bertz CT molecular complexity index is 1530. The van der Waals surface area contributed by atoms with Crippen molar-refractivity contribution in [3.8, 4) is 6.07 Å². The Hall–Kier alpha value is -2.55. The third kappa shape index (κ3) is 7.00. The number of pyridine rings is 1. The topological polar surface area (TPSA) is 84.6 Å². The van der Waals surface area contributed by atoms with Crippen LogP contribution in [0.25, 0.3) is 5.57 Å². The lowest BCUT2D eigenvalue weighted by molar-refractivity contribution is -0.137. The average molecular weight is 657 g/mol. The van der Waals surface area contributed by atoms with Crippen molar-refractivity contribution in [1.82, 2.24) is 4.98 Å². The van der Waals surface area contributed by atoms with Crippen molar-refractivity contribution in [1.29, 1.82) is 5.26 Å². The number of benzene rings is 1. The lowest BCUT2D eigenvalue weighted by Gasteiger charge is -2.45. The zero-order valence-electron chi connectivity index (χ0n) is 28.1. The van der Waals surface area contributed by atoms with Crippen LogP contribution in [-0.4, -0.2) is 44.8 Å². The fraction of sp³-hybridized carbons (Fsp3) is 0.611. The van der Waals surface area contributed by atoms with Gasteiger partial charge >= 0.3 is 6.18 Å². The third-order valence-electron chi connectivity index (χ3n) is 10.3. The number of nitrogens with zero attached hydrogens (tertiary/aromatic N) is 2. The molecule has 2 atom stereocenters. The molecule has 1 N–H and O–H groups in total. The maximum absolute atomic E-state index is 13.8. The van der Waals surface area contributed by atoms with Gasteiger partial charge in [-0.3, -0.25) is 4.98 Å². The first kappa shape index (κ1) is 34.8. The van der Waals surface area contributed by atoms with E-state index in [9.17, 15) is 23.5 Å². The highest BCUT2D eigenvalue weighted by Gasteiger charge is 2.45. The van der Waals surface area contributed by atoms with Crippen LogP contribution in [0.1, 0.15) is 123 Å². The maximum atomic E-state index is 13.8. The van der Waals surface area contributed by atoms with Gasteiger partial charge in [0.05, 0.1) is 42.2 Å². The highest BCUT2D eigenvalue weighted by atomic mass is 28.4. The van der Waals surface area contributed by atoms with Gasteiger partial charge in [-0.1, -0.05) is 46.8 Å². The van der Waals surface area contributed by atoms with Crippen LogP contribution in [-0.2, 0) is 26.5 Å². The molecule has 1 fully saturated rings. The summed E-state index contributed by atoms with van der Waals surface area (Å²) in [6.45, 7) is 17.7. The summed E-state index contributed by atoms with van der Waals surface area (Å²) in [5.41, 5.74) is 3.84. The Morgan fingerprint density at radius 2 is 1.80 bits per heavy atom. The number of aliphatic hydroxyl groups excluding tert-OH is 1. The van der Waals surface area contributed by atoms with Gasteiger partial charge in [0, 0.05) is 36.0 Å². The number of fused-ring (bicyclic) bond motifs is 1. The Kier molecular flexibility index (Phi) is 9.68. The quantitative estimate of drug-likeness (QED) is 0.313. The number of aromatic nitrogens is 1. The first-order chi connectivity index (χ1) is 21.4. The summed E-state index contributed by atoms with van der Waals surface area (Å²) in [4.78, 5) is 5.39.